The molecule has 0 aliphatic heterocycles. The molecule has 282 valence electrons. The molecule has 0 bridgehead atoms. The first kappa shape index (κ1) is 56.0. The number of anilines is 1. The van der Waals surface area contributed by atoms with Gasteiger partial charge in [-0.25, -0.2) is 4.39 Å². The molecule has 2 radical (unpaired) electrons. The van der Waals surface area contributed by atoms with Gasteiger partial charge in [0.05, 0.1) is 9.85 Å². The van der Waals surface area contributed by atoms with Gasteiger partial charge < -0.3 is 22.3 Å². The fourth-order valence-corrected chi connectivity index (χ4v) is 3.59. The van der Waals surface area contributed by atoms with Gasteiger partial charge in [0.2, 0.25) is 5.56 Å². The van der Waals surface area contributed by atoms with Crippen LogP contribution < -0.4 is 165 Å². The predicted octanol–water partition coefficient (Wildman–Crippen LogP) is -1.17. The summed E-state index contributed by atoms with van der Waals surface area (Å²) in [4.78, 5) is 66.2. The molecule has 3 aromatic heterocycles. The summed E-state index contributed by atoms with van der Waals surface area (Å²) in [5.74, 6) is -0.467. The summed E-state index contributed by atoms with van der Waals surface area (Å²) < 4.78 is 15.1. The molecule has 0 saturated heterocycles. The van der Waals surface area contributed by atoms with Crippen molar-refractivity contribution < 1.29 is 168 Å². The van der Waals surface area contributed by atoms with E-state index in [2.05, 4.69) is 9.87 Å². The quantitative estimate of drug-likeness (QED) is 0.0521. The zero-order valence-corrected chi connectivity index (χ0v) is 46.4. The topological polar surface area (TPSA) is 239 Å². The number of nitrogens with two attached hydrogens (primary N) is 1. The van der Waals surface area contributed by atoms with Crippen molar-refractivity contribution in [2.75, 3.05) is 5.73 Å². The number of carbonyl (C=O) groups excluding carboxylic acids is 1. The van der Waals surface area contributed by atoms with E-state index in [0.717, 1.165) is 30.0 Å². The molecule has 0 atom stereocenters. The maximum atomic E-state index is 12.1. The molecule has 0 unspecified atom stereocenters. The number of nitro groups is 2. The minimum Gasteiger partial charge on any atom is -1.00 e. The third-order valence-electron chi connectivity index (χ3n) is 5.91. The molecule has 3 N–H and O–H groups in total. The van der Waals surface area contributed by atoms with Crippen LogP contribution in [0.2, 0.25) is 0 Å². The molecule has 6 rings (SSSR count). The minimum atomic E-state index is -0.826. The Balaban J connectivity index is -0.000000653. The Labute approximate surface area is 454 Å². The third-order valence-corrected chi connectivity index (χ3v) is 5.91. The van der Waals surface area contributed by atoms with Crippen molar-refractivity contribution >= 4 is 60.3 Å². The number of pyridine rings is 3. The van der Waals surface area contributed by atoms with Gasteiger partial charge in [0.15, 0.2) is 0 Å². The Morgan fingerprint density at radius 2 is 1.07 bits per heavy atom. The molecule has 3 aromatic carbocycles. The average Bonchev–Trinajstić information content (AvgIpc) is 3.17. The van der Waals surface area contributed by atoms with Crippen LogP contribution in [0.4, 0.5) is 21.5 Å². The number of nitrogens with zero attached hydrogens (tertiary/aromatic N) is 4. The number of nitro benzene ring substituents is 2. The van der Waals surface area contributed by atoms with Crippen LogP contribution in [0.25, 0.3) is 11.4 Å². The Morgan fingerprint density at radius 3 is 1.38 bits per heavy atom. The van der Waals surface area contributed by atoms with Crippen molar-refractivity contribution in [1.82, 2.24) is 14.1 Å². The molecule has 16 nitrogen and oxygen atoms in total. The Morgan fingerprint density at radius 1 is 0.696 bits per heavy atom. The first-order valence-corrected chi connectivity index (χ1v) is 21.8. The minimum absolute atomic E-state index is 0. The van der Waals surface area contributed by atoms with Gasteiger partial charge in [-0.15, -0.1) is 0 Å². The SMILES string of the molecule is Nc1ccc(-n2ccccc2=O)cc1.O=CO[O-].O=[N+]([O-])c1ccc(F)cc1.O=c1cccc[nH]1.O=c1ccccn1-c1ccc([N+](=O)[O-])cc1.[Cl][Sn][Cl].[Cs+].[Cs+].[H-]. The van der Waals surface area contributed by atoms with E-state index in [1.807, 2.05) is 18.2 Å². The van der Waals surface area contributed by atoms with E-state index in [9.17, 15) is 39.0 Å². The fraction of sp³-hybridized carbons (Fsp3) is 0. The molecule has 6 aromatic rings. The maximum absolute atomic E-state index is 12.1. The number of aromatic amines is 1. The number of nitrogens with one attached hydrogen (secondary N) is 1. The van der Waals surface area contributed by atoms with E-state index in [1.54, 1.807) is 77.8 Å². The van der Waals surface area contributed by atoms with Crippen molar-refractivity contribution in [3.63, 3.8) is 0 Å². The average molecular weight is 1160 g/mol. The van der Waals surface area contributed by atoms with Gasteiger partial charge in [0.25, 0.3) is 29.0 Å². The summed E-state index contributed by atoms with van der Waals surface area (Å²) in [6.07, 6.45) is 4.94. The number of hydrogen-bond donors (Lipinski definition) is 2. The second-order valence-corrected chi connectivity index (χ2v) is 13.6. The van der Waals surface area contributed by atoms with Crippen LogP contribution in [0.3, 0.4) is 0 Å². The Kier molecular flexibility index (Phi) is 33.9. The number of benzene rings is 3. The van der Waals surface area contributed by atoms with Crippen LogP contribution in [0.15, 0.2) is 160 Å². The second-order valence-electron chi connectivity index (χ2n) is 9.41. The van der Waals surface area contributed by atoms with E-state index in [0.29, 0.717) is 11.4 Å². The Hall–Kier alpha value is -2.05. The van der Waals surface area contributed by atoms with E-state index >= 15 is 0 Å². The molecule has 0 aliphatic carbocycles. The molecule has 0 fully saturated rings. The number of nitrogen functional groups attached to an aromatic ring is 1. The number of carbonyl (C=O) groups is 1. The fourth-order valence-electron chi connectivity index (χ4n) is 3.59. The molecule has 0 spiro atoms. The van der Waals surface area contributed by atoms with Gasteiger partial charge >= 0.3 is 175 Å². The molecular formula is C34H29Cl2Cs2FN6O10Sn. The number of halogens is 3. The van der Waals surface area contributed by atoms with E-state index < -0.39 is 34.6 Å². The van der Waals surface area contributed by atoms with Gasteiger partial charge in [0.1, 0.15) is 5.82 Å². The molecule has 0 aliphatic rings. The zero-order chi connectivity index (χ0) is 40.3. The number of non-ortho nitro benzene ring substituents is 2. The van der Waals surface area contributed by atoms with Gasteiger partial charge in [-0.1, -0.05) is 18.2 Å². The predicted molar refractivity (Wildman–Crippen MR) is 201 cm³/mol. The van der Waals surface area contributed by atoms with Crippen LogP contribution in [0, 0.1) is 26.0 Å². The molecule has 0 amide bonds. The second kappa shape index (κ2) is 33.9. The molecule has 3 heterocycles. The van der Waals surface area contributed by atoms with Crippen molar-refractivity contribution in [1.29, 1.82) is 0 Å². The standard InChI is InChI=1S/C11H8N2O3.C11H10N2O.C6H4FNO2.C5H5NO.CH2O3.2ClH.2Cs.Sn.H/c14-11-3-1-2-8-12(11)9-4-6-10(7-5-9)13(15)16;12-9-4-6-10(7-5-9)13-8-2-1-3-11(13)14;7-5-1-3-6(4-2-5)8(9)10;7-5-3-1-2-4-6-5;2-1-4-3;;;;;;/h1-8H;1-8H,12H2;1-4H;1-4H,(H,6,7);1,3H;2*1H;;;;/q;;;;;;;2*+1;+2;-1/p-3. The summed E-state index contributed by atoms with van der Waals surface area (Å²) in [6.45, 7) is -0.181. The van der Waals surface area contributed by atoms with Gasteiger partial charge in [0, 0.05) is 78.1 Å². The van der Waals surface area contributed by atoms with Crippen LogP contribution >= 0.6 is 17.8 Å². The van der Waals surface area contributed by atoms with E-state index in [1.165, 1.54) is 34.9 Å². The van der Waals surface area contributed by atoms with Crippen LogP contribution in [-0.4, -0.2) is 49.3 Å². The van der Waals surface area contributed by atoms with Crippen LogP contribution in [-0.2, 0) is 9.68 Å². The number of rotatable bonds is 5. The van der Waals surface area contributed by atoms with Crippen molar-refractivity contribution in [2.24, 2.45) is 0 Å². The normalized spacial score (nSPS) is 8.79. The maximum Gasteiger partial charge on any atom is 1.00 e. The van der Waals surface area contributed by atoms with Gasteiger partial charge in [-0.05, 0) is 66.7 Å². The number of hydrogen-bond acceptors (Lipinski definition) is 11. The first-order valence-electron chi connectivity index (χ1n) is 14.6. The van der Waals surface area contributed by atoms with Crippen LogP contribution in [0.5, 0.6) is 0 Å². The van der Waals surface area contributed by atoms with Crippen molar-refractivity contribution in [3.05, 3.63) is 203 Å². The van der Waals surface area contributed by atoms with Crippen molar-refractivity contribution in [2.45, 2.75) is 0 Å². The van der Waals surface area contributed by atoms with E-state index in [-0.39, 0.29) is 174 Å². The van der Waals surface area contributed by atoms with Crippen LogP contribution in [0.1, 0.15) is 1.43 Å². The summed E-state index contributed by atoms with van der Waals surface area (Å²) in [5, 5.41) is 28.9. The van der Waals surface area contributed by atoms with Gasteiger partial charge in [-0.3, -0.25) is 48.5 Å². The molecular weight excluding hydrogens is 1130 g/mol. The summed E-state index contributed by atoms with van der Waals surface area (Å²) >= 11 is -0.826. The number of aromatic nitrogens is 3. The van der Waals surface area contributed by atoms with Crippen molar-refractivity contribution in [3.8, 4) is 11.4 Å². The molecule has 0 saturated carbocycles. The largest absolute Gasteiger partial charge is 1.00 e. The smallest absolute Gasteiger partial charge is 1.00 e. The molecule has 56 heavy (non-hydrogen) atoms. The summed E-state index contributed by atoms with van der Waals surface area (Å²) in [5.41, 5.74) is 7.32. The number of H-pyrrole nitrogens is 1. The summed E-state index contributed by atoms with van der Waals surface area (Å²) in [6, 6.07) is 32.1. The summed E-state index contributed by atoms with van der Waals surface area (Å²) in [7, 11) is 9.87. The first-order chi connectivity index (χ1) is 25.9. The van der Waals surface area contributed by atoms with E-state index in [4.69, 9.17) is 33.6 Å². The monoisotopic (exact) mass is 1160 g/mol. The third kappa shape index (κ3) is 24.0. The Bertz CT molecular complexity index is 2190. The molecule has 22 heteroatoms. The zero-order valence-electron chi connectivity index (χ0n) is 30.5. The van der Waals surface area contributed by atoms with Gasteiger partial charge in [-0.2, -0.15) is 0 Å².